The molecule has 144 valence electrons. The number of nitrogens with zero attached hydrogens (tertiary/aromatic N) is 2. The molecule has 1 N–H and O–H groups in total. The van der Waals surface area contributed by atoms with Crippen LogP contribution < -0.4 is 10.2 Å². The summed E-state index contributed by atoms with van der Waals surface area (Å²) in [5, 5.41) is 3.04. The average molecular weight is 366 g/mol. The predicted octanol–water partition coefficient (Wildman–Crippen LogP) is 3.82. The number of likely N-dealkylation sites (N-methyl/N-ethyl adjacent to an activating group) is 1. The first kappa shape index (κ1) is 19.4. The van der Waals surface area contributed by atoms with Gasteiger partial charge in [-0.2, -0.15) is 0 Å². The number of rotatable bonds is 8. The highest BCUT2D eigenvalue weighted by molar-refractivity contribution is 5.81. The lowest BCUT2D eigenvalue weighted by Gasteiger charge is -2.26. The van der Waals surface area contributed by atoms with Gasteiger partial charge < -0.3 is 10.2 Å². The molecule has 0 aromatic heterocycles. The standard InChI is InChI=1S/C23H31N3O/c1-2-26(22-9-5-3-6-10-22)19-23(27)24-17-20-11-13-21(14-12-20)18-25-15-7-4-8-16-25/h3,5-6,9-14H,2,4,7-8,15-19H2,1H3,(H,24,27). The van der Waals surface area contributed by atoms with Gasteiger partial charge in [-0.25, -0.2) is 0 Å². The second kappa shape index (κ2) is 10.1. The summed E-state index contributed by atoms with van der Waals surface area (Å²) in [6.07, 6.45) is 4.01. The number of nitrogens with one attached hydrogen (secondary N) is 1. The molecule has 0 radical (unpaired) electrons. The van der Waals surface area contributed by atoms with Gasteiger partial charge in [-0.1, -0.05) is 48.9 Å². The molecule has 4 nitrogen and oxygen atoms in total. The minimum atomic E-state index is 0.0538. The zero-order chi connectivity index (χ0) is 18.9. The third kappa shape index (κ3) is 6.10. The number of para-hydroxylation sites is 1. The summed E-state index contributed by atoms with van der Waals surface area (Å²) >= 11 is 0. The van der Waals surface area contributed by atoms with Gasteiger partial charge in [0.1, 0.15) is 0 Å². The normalized spacial score (nSPS) is 14.7. The Kier molecular flexibility index (Phi) is 7.28. The molecule has 0 spiro atoms. The molecule has 0 saturated carbocycles. The van der Waals surface area contributed by atoms with Crippen molar-refractivity contribution in [1.82, 2.24) is 10.2 Å². The number of anilines is 1. The van der Waals surface area contributed by atoms with Gasteiger partial charge in [-0.05, 0) is 56.1 Å². The van der Waals surface area contributed by atoms with E-state index in [0.717, 1.165) is 24.3 Å². The fraction of sp³-hybridized carbons (Fsp3) is 0.435. The highest BCUT2D eigenvalue weighted by Gasteiger charge is 2.11. The van der Waals surface area contributed by atoms with Crippen LogP contribution in [0, 0.1) is 0 Å². The van der Waals surface area contributed by atoms with E-state index in [4.69, 9.17) is 0 Å². The number of piperidine rings is 1. The van der Waals surface area contributed by atoms with E-state index in [9.17, 15) is 4.79 Å². The van der Waals surface area contributed by atoms with Crippen molar-refractivity contribution in [3.8, 4) is 0 Å². The lowest BCUT2D eigenvalue weighted by atomic mass is 10.1. The SMILES string of the molecule is CCN(CC(=O)NCc1ccc(CN2CCCCC2)cc1)c1ccccc1. The summed E-state index contributed by atoms with van der Waals surface area (Å²) < 4.78 is 0. The van der Waals surface area contributed by atoms with E-state index in [1.54, 1.807) is 0 Å². The first-order chi connectivity index (χ1) is 13.2. The van der Waals surface area contributed by atoms with Crippen LogP contribution in [-0.2, 0) is 17.9 Å². The number of carbonyl (C=O) groups is 1. The fourth-order valence-corrected chi connectivity index (χ4v) is 3.59. The van der Waals surface area contributed by atoms with Crippen molar-refractivity contribution in [2.75, 3.05) is 31.1 Å². The van der Waals surface area contributed by atoms with Crippen LogP contribution in [0.3, 0.4) is 0 Å². The van der Waals surface area contributed by atoms with Crippen LogP contribution in [0.25, 0.3) is 0 Å². The molecule has 1 fully saturated rings. The quantitative estimate of drug-likeness (QED) is 0.773. The van der Waals surface area contributed by atoms with Crippen LogP contribution in [0.1, 0.15) is 37.3 Å². The van der Waals surface area contributed by atoms with E-state index >= 15 is 0 Å². The molecular formula is C23H31N3O. The molecule has 0 bridgehead atoms. The highest BCUT2D eigenvalue weighted by atomic mass is 16.2. The summed E-state index contributed by atoms with van der Waals surface area (Å²) in [7, 11) is 0. The summed E-state index contributed by atoms with van der Waals surface area (Å²) in [6.45, 7) is 7.31. The van der Waals surface area contributed by atoms with Crippen molar-refractivity contribution in [3.05, 3.63) is 65.7 Å². The lowest BCUT2D eigenvalue weighted by Crippen LogP contribution is -2.36. The molecule has 2 aromatic rings. The summed E-state index contributed by atoms with van der Waals surface area (Å²) in [5.41, 5.74) is 3.58. The number of hydrogen-bond acceptors (Lipinski definition) is 3. The number of hydrogen-bond donors (Lipinski definition) is 1. The Labute approximate surface area is 163 Å². The van der Waals surface area contributed by atoms with E-state index in [-0.39, 0.29) is 5.91 Å². The van der Waals surface area contributed by atoms with Gasteiger partial charge in [0.05, 0.1) is 6.54 Å². The van der Waals surface area contributed by atoms with Gasteiger partial charge in [0.2, 0.25) is 5.91 Å². The largest absolute Gasteiger partial charge is 0.363 e. The van der Waals surface area contributed by atoms with Crippen LogP contribution in [-0.4, -0.2) is 37.0 Å². The van der Waals surface area contributed by atoms with Crippen molar-refractivity contribution in [3.63, 3.8) is 0 Å². The minimum Gasteiger partial charge on any atom is -0.363 e. The van der Waals surface area contributed by atoms with E-state index in [1.165, 1.54) is 37.9 Å². The Morgan fingerprint density at radius 3 is 2.30 bits per heavy atom. The lowest BCUT2D eigenvalue weighted by molar-refractivity contribution is -0.119. The molecule has 3 rings (SSSR count). The topological polar surface area (TPSA) is 35.6 Å². The Morgan fingerprint density at radius 1 is 0.963 bits per heavy atom. The van der Waals surface area contributed by atoms with E-state index < -0.39 is 0 Å². The second-order valence-electron chi connectivity index (χ2n) is 7.28. The summed E-state index contributed by atoms with van der Waals surface area (Å²) in [4.78, 5) is 16.9. The maximum absolute atomic E-state index is 12.3. The molecule has 0 unspecified atom stereocenters. The molecule has 1 aliphatic rings. The summed E-state index contributed by atoms with van der Waals surface area (Å²) in [5.74, 6) is 0.0538. The van der Waals surface area contributed by atoms with Crippen LogP contribution in [0.4, 0.5) is 5.69 Å². The molecule has 0 aliphatic carbocycles. The van der Waals surface area contributed by atoms with Gasteiger partial charge in [0.15, 0.2) is 0 Å². The molecule has 27 heavy (non-hydrogen) atoms. The smallest absolute Gasteiger partial charge is 0.239 e. The number of benzene rings is 2. The van der Waals surface area contributed by atoms with Gasteiger partial charge in [-0.15, -0.1) is 0 Å². The zero-order valence-corrected chi connectivity index (χ0v) is 16.4. The summed E-state index contributed by atoms with van der Waals surface area (Å²) in [6, 6.07) is 18.7. The molecular weight excluding hydrogens is 334 g/mol. The first-order valence-electron chi connectivity index (χ1n) is 10.1. The van der Waals surface area contributed by atoms with Crippen LogP contribution in [0.15, 0.2) is 54.6 Å². The van der Waals surface area contributed by atoms with Crippen LogP contribution >= 0.6 is 0 Å². The minimum absolute atomic E-state index is 0.0538. The zero-order valence-electron chi connectivity index (χ0n) is 16.4. The third-order valence-corrected chi connectivity index (χ3v) is 5.21. The van der Waals surface area contributed by atoms with Gasteiger partial charge in [0.25, 0.3) is 0 Å². The molecule has 4 heteroatoms. The Balaban J connectivity index is 1.45. The van der Waals surface area contributed by atoms with Gasteiger partial charge in [0, 0.05) is 25.3 Å². The van der Waals surface area contributed by atoms with Crippen LogP contribution in [0.2, 0.25) is 0 Å². The third-order valence-electron chi connectivity index (χ3n) is 5.21. The Hall–Kier alpha value is -2.33. The second-order valence-corrected chi connectivity index (χ2v) is 7.28. The predicted molar refractivity (Wildman–Crippen MR) is 112 cm³/mol. The molecule has 1 heterocycles. The number of amides is 1. The maximum atomic E-state index is 12.3. The van der Waals surface area contributed by atoms with Crippen LogP contribution in [0.5, 0.6) is 0 Å². The average Bonchev–Trinajstić information content (AvgIpc) is 2.73. The molecule has 1 amide bonds. The number of carbonyl (C=O) groups excluding carboxylic acids is 1. The van der Waals surface area contributed by atoms with Crippen molar-refractivity contribution in [2.24, 2.45) is 0 Å². The molecule has 1 aliphatic heterocycles. The van der Waals surface area contributed by atoms with E-state index in [1.807, 2.05) is 30.3 Å². The molecule has 2 aromatic carbocycles. The van der Waals surface area contributed by atoms with Gasteiger partial charge in [-0.3, -0.25) is 9.69 Å². The number of likely N-dealkylation sites (tertiary alicyclic amines) is 1. The van der Waals surface area contributed by atoms with Crippen molar-refractivity contribution < 1.29 is 4.79 Å². The van der Waals surface area contributed by atoms with Crippen molar-refractivity contribution in [1.29, 1.82) is 0 Å². The molecule has 0 atom stereocenters. The monoisotopic (exact) mass is 365 g/mol. The Morgan fingerprint density at radius 2 is 1.63 bits per heavy atom. The first-order valence-corrected chi connectivity index (χ1v) is 10.1. The fourth-order valence-electron chi connectivity index (χ4n) is 3.59. The van der Waals surface area contributed by atoms with Crippen molar-refractivity contribution >= 4 is 11.6 Å². The Bertz CT molecular complexity index is 693. The van der Waals surface area contributed by atoms with Gasteiger partial charge >= 0.3 is 0 Å². The van der Waals surface area contributed by atoms with Crippen molar-refractivity contribution in [2.45, 2.75) is 39.3 Å². The highest BCUT2D eigenvalue weighted by Crippen LogP contribution is 2.14. The molecule has 1 saturated heterocycles. The van der Waals surface area contributed by atoms with E-state index in [2.05, 4.69) is 46.3 Å². The maximum Gasteiger partial charge on any atom is 0.239 e. The van der Waals surface area contributed by atoms with E-state index in [0.29, 0.717) is 13.1 Å².